The minimum absolute atomic E-state index is 0.444. The SMILES string of the molecule is Cc1cc(NC(CN)C2CC2)cc(C)c1Br. The number of rotatable bonds is 4. The van der Waals surface area contributed by atoms with Gasteiger partial charge in [0, 0.05) is 22.7 Å². The van der Waals surface area contributed by atoms with Crippen LogP contribution in [-0.4, -0.2) is 12.6 Å². The number of halogens is 1. The molecule has 0 radical (unpaired) electrons. The van der Waals surface area contributed by atoms with Crippen LogP contribution in [-0.2, 0) is 0 Å². The van der Waals surface area contributed by atoms with Gasteiger partial charge in [-0.05, 0) is 55.9 Å². The molecular formula is C13H19BrN2. The summed E-state index contributed by atoms with van der Waals surface area (Å²) in [6, 6.07) is 4.81. The Kier molecular flexibility index (Phi) is 3.55. The van der Waals surface area contributed by atoms with E-state index in [1.807, 2.05) is 0 Å². The average molecular weight is 283 g/mol. The number of anilines is 1. The van der Waals surface area contributed by atoms with Crippen molar-refractivity contribution in [2.75, 3.05) is 11.9 Å². The fourth-order valence-corrected chi connectivity index (χ4v) is 2.34. The van der Waals surface area contributed by atoms with Gasteiger partial charge in [-0.15, -0.1) is 0 Å². The van der Waals surface area contributed by atoms with Gasteiger partial charge in [0.15, 0.2) is 0 Å². The zero-order chi connectivity index (χ0) is 11.7. The van der Waals surface area contributed by atoms with Crippen LogP contribution < -0.4 is 11.1 Å². The predicted octanol–water partition coefficient (Wildman–Crippen LogP) is 3.22. The maximum absolute atomic E-state index is 5.80. The Morgan fingerprint density at radius 3 is 2.38 bits per heavy atom. The molecule has 0 spiro atoms. The van der Waals surface area contributed by atoms with Crippen molar-refractivity contribution >= 4 is 21.6 Å². The van der Waals surface area contributed by atoms with Gasteiger partial charge in [-0.25, -0.2) is 0 Å². The first-order chi connectivity index (χ1) is 7.61. The molecule has 1 aliphatic rings. The maximum Gasteiger partial charge on any atom is 0.0411 e. The Morgan fingerprint density at radius 2 is 1.94 bits per heavy atom. The molecule has 3 heteroatoms. The number of benzene rings is 1. The largest absolute Gasteiger partial charge is 0.381 e. The van der Waals surface area contributed by atoms with E-state index >= 15 is 0 Å². The number of hydrogen-bond donors (Lipinski definition) is 2. The summed E-state index contributed by atoms with van der Waals surface area (Å²) in [7, 11) is 0. The third-order valence-corrected chi connectivity index (χ3v) is 4.48. The third kappa shape index (κ3) is 2.58. The summed E-state index contributed by atoms with van der Waals surface area (Å²) in [6.45, 7) is 4.96. The van der Waals surface area contributed by atoms with Crippen molar-refractivity contribution in [1.29, 1.82) is 0 Å². The van der Waals surface area contributed by atoms with Crippen LogP contribution in [0.5, 0.6) is 0 Å². The Bertz CT molecular complexity index is 363. The highest BCUT2D eigenvalue weighted by Crippen LogP contribution is 2.34. The molecule has 0 amide bonds. The summed E-state index contributed by atoms with van der Waals surface area (Å²) in [5, 5.41) is 3.55. The van der Waals surface area contributed by atoms with Crippen LogP contribution in [0.1, 0.15) is 24.0 Å². The number of nitrogens with two attached hydrogens (primary N) is 1. The highest BCUT2D eigenvalue weighted by Gasteiger charge is 2.30. The molecule has 88 valence electrons. The van der Waals surface area contributed by atoms with Crippen LogP contribution in [0.3, 0.4) is 0 Å². The van der Waals surface area contributed by atoms with Gasteiger partial charge >= 0.3 is 0 Å². The molecule has 0 aromatic heterocycles. The molecule has 1 fully saturated rings. The van der Waals surface area contributed by atoms with E-state index in [1.165, 1.54) is 34.1 Å². The molecule has 16 heavy (non-hydrogen) atoms. The molecule has 1 aromatic rings. The molecule has 1 aromatic carbocycles. The molecule has 0 heterocycles. The first kappa shape index (κ1) is 11.9. The lowest BCUT2D eigenvalue weighted by Gasteiger charge is -2.19. The van der Waals surface area contributed by atoms with Crippen molar-refractivity contribution in [2.24, 2.45) is 11.7 Å². The van der Waals surface area contributed by atoms with Gasteiger partial charge in [-0.3, -0.25) is 0 Å². The van der Waals surface area contributed by atoms with Gasteiger partial charge in [0.25, 0.3) is 0 Å². The van der Waals surface area contributed by atoms with Gasteiger partial charge in [-0.2, -0.15) is 0 Å². The molecule has 1 unspecified atom stereocenters. The maximum atomic E-state index is 5.80. The molecule has 1 aliphatic carbocycles. The van der Waals surface area contributed by atoms with E-state index in [0.29, 0.717) is 6.04 Å². The molecule has 0 aliphatic heterocycles. The van der Waals surface area contributed by atoms with E-state index in [4.69, 9.17) is 5.73 Å². The van der Waals surface area contributed by atoms with Crippen molar-refractivity contribution in [3.05, 3.63) is 27.7 Å². The van der Waals surface area contributed by atoms with Crippen LogP contribution in [0, 0.1) is 19.8 Å². The summed E-state index contributed by atoms with van der Waals surface area (Å²) in [4.78, 5) is 0. The molecule has 0 bridgehead atoms. The quantitative estimate of drug-likeness (QED) is 0.890. The first-order valence-electron chi connectivity index (χ1n) is 5.85. The Hall–Kier alpha value is -0.540. The van der Waals surface area contributed by atoms with E-state index in [1.54, 1.807) is 0 Å². The van der Waals surface area contributed by atoms with Gasteiger partial charge in [-0.1, -0.05) is 15.9 Å². The second-order valence-corrected chi connectivity index (χ2v) is 5.54. The normalized spacial score (nSPS) is 17.2. The van der Waals surface area contributed by atoms with E-state index in [-0.39, 0.29) is 0 Å². The Balaban J connectivity index is 2.14. The smallest absolute Gasteiger partial charge is 0.0411 e. The lowest BCUT2D eigenvalue weighted by molar-refractivity contribution is 0.645. The summed E-state index contributed by atoms with van der Waals surface area (Å²) in [5.41, 5.74) is 9.54. The van der Waals surface area contributed by atoms with E-state index < -0.39 is 0 Å². The highest BCUT2D eigenvalue weighted by atomic mass is 79.9. The number of aryl methyl sites for hydroxylation is 2. The zero-order valence-electron chi connectivity index (χ0n) is 9.89. The topological polar surface area (TPSA) is 38.0 Å². The Morgan fingerprint density at radius 1 is 1.38 bits per heavy atom. The summed E-state index contributed by atoms with van der Waals surface area (Å²) < 4.78 is 1.20. The number of hydrogen-bond acceptors (Lipinski definition) is 2. The van der Waals surface area contributed by atoms with Crippen molar-refractivity contribution in [1.82, 2.24) is 0 Å². The molecule has 3 N–H and O–H groups in total. The predicted molar refractivity (Wildman–Crippen MR) is 72.8 cm³/mol. The van der Waals surface area contributed by atoms with Gasteiger partial charge in [0.1, 0.15) is 0 Å². The monoisotopic (exact) mass is 282 g/mol. The Labute approximate surface area is 106 Å². The zero-order valence-corrected chi connectivity index (χ0v) is 11.5. The minimum Gasteiger partial charge on any atom is -0.381 e. The fourth-order valence-electron chi connectivity index (χ4n) is 2.11. The van der Waals surface area contributed by atoms with Crippen molar-refractivity contribution in [2.45, 2.75) is 32.7 Å². The fraction of sp³-hybridized carbons (Fsp3) is 0.538. The van der Waals surface area contributed by atoms with E-state index in [2.05, 4.69) is 47.2 Å². The minimum atomic E-state index is 0.444. The lowest BCUT2D eigenvalue weighted by atomic mass is 10.1. The standard InChI is InChI=1S/C13H19BrN2/c1-8-5-11(6-9(2)13(8)14)16-12(7-15)10-3-4-10/h5-6,10,12,16H,3-4,7,15H2,1-2H3. The molecule has 0 saturated heterocycles. The van der Waals surface area contributed by atoms with E-state index in [9.17, 15) is 0 Å². The second kappa shape index (κ2) is 4.76. The lowest BCUT2D eigenvalue weighted by Crippen LogP contribution is -2.30. The molecule has 2 rings (SSSR count). The van der Waals surface area contributed by atoms with E-state index in [0.717, 1.165) is 12.5 Å². The second-order valence-electron chi connectivity index (χ2n) is 4.75. The molecular weight excluding hydrogens is 264 g/mol. The van der Waals surface area contributed by atoms with Gasteiger partial charge < -0.3 is 11.1 Å². The summed E-state index contributed by atoms with van der Waals surface area (Å²) in [6.07, 6.45) is 2.65. The highest BCUT2D eigenvalue weighted by molar-refractivity contribution is 9.10. The summed E-state index contributed by atoms with van der Waals surface area (Å²) >= 11 is 3.59. The summed E-state index contributed by atoms with van der Waals surface area (Å²) in [5.74, 6) is 0.786. The van der Waals surface area contributed by atoms with Crippen LogP contribution in [0.2, 0.25) is 0 Å². The first-order valence-corrected chi connectivity index (χ1v) is 6.64. The van der Waals surface area contributed by atoms with Crippen molar-refractivity contribution in [3.63, 3.8) is 0 Å². The van der Waals surface area contributed by atoms with Crippen molar-refractivity contribution in [3.8, 4) is 0 Å². The average Bonchev–Trinajstić information content (AvgIpc) is 3.06. The van der Waals surface area contributed by atoms with Crippen LogP contribution >= 0.6 is 15.9 Å². The van der Waals surface area contributed by atoms with Crippen LogP contribution in [0.4, 0.5) is 5.69 Å². The van der Waals surface area contributed by atoms with Gasteiger partial charge in [0.2, 0.25) is 0 Å². The molecule has 1 saturated carbocycles. The molecule has 2 nitrogen and oxygen atoms in total. The van der Waals surface area contributed by atoms with Crippen LogP contribution in [0.25, 0.3) is 0 Å². The molecule has 1 atom stereocenters. The third-order valence-electron chi connectivity index (χ3n) is 3.23. The van der Waals surface area contributed by atoms with Gasteiger partial charge in [0.05, 0.1) is 0 Å². The van der Waals surface area contributed by atoms with Crippen LogP contribution in [0.15, 0.2) is 16.6 Å². The van der Waals surface area contributed by atoms with Crippen molar-refractivity contribution < 1.29 is 0 Å². The number of nitrogens with one attached hydrogen (secondary N) is 1.